The molecule has 0 aliphatic rings. The number of aliphatic hydroxyl groups excluding tert-OH is 1. The van der Waals surface area contributed by atoms with Crippen molar-refractivity contribution >= 4 is 13.7 Å². The SMILES string of the molecule is CCCCCCCCCCCCCC/C=C/CC/C=C/C(O)C(COP(=O)(O)OCC[N+](C)(C)C)NC(=O)CCCCCCCCCCCCCCCCCCCCCCCCCCCCCCCCC. The predicted molar refractivity (Wildman–Crippen MR) is 309 cm³/mol. The second-order valence-corrected chi connectivity index (χ2v) is 24.2. The monoisotopic (exact) mass is 1020 g/mol. The highest BCUT2D eigenvalue weighted by molar-refractivity contribution is 7.47. The molecule has 0 rings (SSSR count). The molecule has 0 saturated heterocycles. The number of likely N-dealkylation sites (N-methyl/N-ethyl adjacent to an activating group) is 1. The fourth-order valence-electron chi connectivity index (χ4n) is 9.53. The van der Waals surface area contributed by atoms with E-state index in [0.29, 0.717) is 17.4 Å². The third-order valence-corrected chi connectivity index (χ3v) is 15.4. The maximum absolute atomic E-state index is 13.0. The number of phosphoric acid groups is 1. The van der Waals surface area contributed by atoms with Crippen LogP contribution in [0.15, 0.2) is 24.3 Å². The molecule has 0 saturated carbocycles. The van der Waals surface area contributed by atoms with Crippen LogP contribution >= 0.6 is 7.82 Å². The minimum atomic E-state index is -4.35. The summed E-state index contributed by atoms with van der Waals surface area (Å²) in [6, 6.07) is -0.860. The van der Waals surface area contributed by atoms with E-state index >= 15 is 0 Å². The number of quaternary nitrogens is 1. The average molecular weight is 1020 g/mol. The van der Waals surface area contributed by atoms with Crippen LogP contribution in [0, 0.1) is 0 Å². The minimum Gasteiger partial charge on any atom is -0.387 e. The van der Waals surface area contributed by atoms with E-state index < -0.39 is 20.0 Å². The first-order valence-corrected chi connectivity index (χ1v) is 32.7. The fourth-order valence-corrected chi connectivity index (χ4v) is 10.3. The first-order valence-electron chi connectivity index (χ1n) is 31.2. The van der Waals surface area contributed by atoms with Crippen molar-refractivity contribution in [1.29, 1.82) is 0 Å². The zero-order chi connectivity index (χ0) is 52.0. The Morgan fingerprint density at radius 3 is 1.13 bits per heavy atom. The molecular weight excluding hydrogens is 900 g/mol. The standard InChI is InChI=1S/C62H123N2O6P/c1-6-8-10-12-14-16-18-20-22-24-26-27-28-29-30-31-32-33-34-35-36-37-38-40-42-44-46-48-50-52-54-56-62(66)63-60(59-70-71(67,68)69-58-57-64(3,4)5)61(65)55-53-51-49-47-45-43-41-39-25-23-21-19-17-15-13-11-9-7-2/h45,47,53,55,60-61,65H,6-44,46,48-52,54,56-59H2,1-5H3,(H-,63,66,67,68)/p+1/b47-45+,55-53+. The molecule has 0 radical (unpaired) electrons. The number of phosphoric ester groups is 1. The number of amides is 1. The summed E-state index contributed by atoms with van der Waals surface area (Å²) >= 11 is 0. The summed E-state index contributed by atoms with van der Waals surface area (Å²) in [6.45, 7) is 4.84. The zero-order valence-corrected chi connectivity index (χ0v) is 49.1. The predicted octanol–water partition coefficient (Wildman–Crippen LogP) is 19.2. The number of carbonyl (C=O) groups excluding carboxylic acids is 1. The summed E-state index contributed by atoms with van der Waals surface area (Å²) in [5.41, 5.74) is 0. The van der Waals surface area contributed by atoms with Gasteiger partial charge in [0.05, 0.1) is 39.9 Å². The topological polar surface area (TPSA) is 105 Å². The number of aliphatic hydroxyl groups is 1. The molecule has 1 amide bonds. The fraction of sp³-hybridized carbons (Fsp3) is 0.919. The first kappa shape index (κ1) is 70.0. The summed E-state index contributed by atoms with van der Waals surface area (Å²) in [6.07, 6.45) is 68.8. The van der Waals surface area contributed by atoms with Crippen LogP contribution in [0.5, 0.6) is 0 Å². The Labute approximate surface area is 443 Å². The molecule has 0 aromatic carbocycles. The lowest BCUT2D eigenvalue weighted by Gasteiger charge is -2.25. The van der Waals surface area contributed by atoms with Crippen molar-refractivity contribution in [1.82, 2.24) is 5.32 Å². The van der Waals surface area contributed by atoms with Gasteiger partial charge in [-0.2, -0.15) is 0 Å². The third-order valence-electron chi connectivity index (χ3n) is 14.4. The Balaban J connectivity index is 4.06. The van der Waals surface area contributed by atoms with Crippen LogP contribution in [-0.2, 0) is 18.4 Å². The van der Waals surface area contributed by atoms with E-state index in [9.17, 15) is 19.4 Å². The largest absolute Gasteiger partial charge is 0.472 e. The van der Waals surface area contributed by atoms with Crippen molar-refractivity contribution in [3.8, 4) is 0 Å². The number of allylic oxidation sites excluding steroid dienone is 3. The number of unbranched alkanes of at least 4 members (excludes halogenated alkanes) is 43. The third kappa shape index (κ3) is 56.5. The summed E-state index contributed by atoms with van der Waals surface area (Å²) in [7, 11) is 1.57. The molecule has 0 heterocycles. The highest BCUT2D eigenvalue weighted by atomic mass is 31.2. The van der Waals surface area contributed by atoms with Gasteiger partial charge in [0.15, 0.2) is 0 Å². The Bertz CT molecular complexity index is 1210. The molecule has 3 N–H and O–H groups in total. The van der Waals surface area contributed by atoms with E-state index in [-0.39, 0.29) is 19.1 Å². The van der Waals surface area contributed by atoms with Gasteiger partial charge in [-0.3, -0.25) is 13.8 Å². The molecule has 0 fully saturated rings. The Kier molecular flexibility index (Phi) is 53.0. The summed E-state index contributed by atoms with van der Waals surface area (Å²) in [4.78, 5) is 23.3. The molecule has 3 unspecified atom stereocenters. The van der Waals surface area contributed by atoms with Crippen molar-refractivity contribution in [2.24, 2.45) is 0 Å². The van der Waals surface area contributed by atoms with Gasteiger partial charge in [0.25, 0.3) is 0 Å². The lowest BCUT2D eigenvalue weighted by atomic mass is 10.0. The number of nitrogens with zero attached hydrogens (tertiary/aromatic N) is 1. The zero-order valence-electron chi connectivity index (χ0n) is 48.2. The van der Waals surface area contributed by atoms with Crippen molar-refractivity contribution in [3.05, 3.63) is 24.3 Å². The number of hydrogen-bond donors (Lipinski definition) is 3. The lowest BCUT2D eigenvalue weighted by molar-refractivity contribution is -0.870. The van der Waals surface area contributed by atoms with Crippen molar-refractivity contribution in [3.63, 3.8) is 0 Å². The maximum atomic E-state index is 13.0. The van der Waals surface area contributed by atoms with E-state index in [1.54, 1.807) is 6.08 Å². The smallest absolute Gasteiger partial charge is 0.387 e. The average Bonchev–Trinajstić information content (AvgIpc) is 3.33. The second kappa shape index (κ2) is 53.8. The van der Waals surface area contributed by atoms with Crippen LogP contribution in [0.1, 0.15) is 316 Å². The van der Waals surface area contributed by atoms with Gasteiger partial charge in [-0.15, -0.1) is 0 Å². The van der Waals surface area contributed by atoms with Crippen LogP contribution in [0.25, 0.3) is 0 Å². The first-order chi connectivity index (χ1) is 34.5. The summed E-state index contributed by atoms with van der Waals surface area (Å²) in [5.74, 6) is -0.180. The Morgan fingerprint density at radius 1 is 0.465 bits per heavy atom. The highest BCUT2D eigenvalue weighted by Crippen LogP contribution is 2.43. The van der Waals surface area contributed by atoms with Gasteiger partial charge in [-0.1, -0.05) is 301 Å². The van der Waals surface area contributed by atoms with Crippen LogP contribution in [0.4, 0.5) is 0 Å². The number of rotatable bonds is 58. The van der Waals surface area contributed by atoms with Gasteiger partial charge in [0.2, 0.25) is 5.91 Å². The molecular formula is C62H124N2O6P+. The normalized spacial score (nSPS) is 14.0. The van der Waals surface area contributed by atoms with E-state index in [0.717, 1.165) is 38.5 Å². The van der Waals surface area contributed by atoms with Gasteiger partial charge in [0, 0.05) is 6.42 Å². The van der Waals surface area contributed by atoms with Crippen LogP contribution in [0.3, 0.4) is 0 Å². The molecule has 8 nitrogen and oxygen atoms in total. The van der Waals surface area contributed by atoms with E-state index in [4.69, 9.17) is 9.05 Å². The molecule has 0 spiro atoms. The van der Waals surface area contributed by atoms with Crippen LogP contribution in [-0.4, -0.2) is 73.4 Å². The molecule has 9 heteroatoms. The van der Waals surface area contributed by atoms with Gasteiger partial charge >= 0.3 is 7.82 Å². The van der Waals surface area contributed by atoms with Crippen molar-refractivity contribution < 1.29 is 32.9 Å². The van der Waals surface area contributed by atoms with Crippen LogP contribution in [0.2, 0.25) is 0 Å². The number of carbonyl (C=O) groups is 1. The summed E-state index contributed by atoms with van der Waals surface area (Å²) in [5, 5.41) is 13.9. The Hall–Kier alpha value is -1.02. The van der Waals surface area contributed by atoms with E-state index in [1.165, 1.54) is 257 Å². The van der Waals surface area contributed by atoms with Gasteiger partial charge in [-0.25, -0.2) is 4.57 Å². The summed E-state index contributed by atoms with van der Waals surface area (Å²) < 4.78 is 23.7. The highest BCUT2D eigenvalue weighted by Gasteiger charge is 2.27. The molecule has 3 atom stereocenters. The van der Waals surface area contributed by atoms with Crippen molar-refractivity contribution in [2.75, 3.05) is 40.9 Å². The number of hydrogen-bond acceptors (Lipinski definition) is 5. The van der Waals surface area contributed by atoms with Gasteiger partial charge in [0.1, 0.15) is 13.2 Å². The maximum Gasteiger partial charge on any atom is 0.472 e. The molecule has 0 aromatic rings. The van der Waals surface area contributed by atoms with Crippen molar-refractivity contribution in [2.45, 2.75) is 328 Å². The molecule has 0 aliphatic carbocycles. The van der Waals surface area contributed by atoms with Gasteiger partial charge < -0.3 is 19.8 Å². The molecule has 0 aromatic heterocycles. The molecule has 0 aliphatic heterocycles. The number of nitrogens with one attached hydrogen (secondary N) is 1. The quantitative estimate of drug-likeness (QED) is 0.0243. The Morgan fingerprint density at radius 2 is 0.775 bits per heavy atom. The molecule has 71 heavy (non-hydrogen) atoms. The second-order valence-electron chi connectivity index (χ2n) is 22.8. The van der Waals surface area contributed by atoms with E-state index in [1.807, 2.05) is 27.2 Å². The van der Waals surface area contributed by atoms with Crippen LogP contribution < -0.4 is 5.32 Å². The minimum absolute atomic E-state index is 0.0588. The lowest BCUT2D eigenvalue weighted by Crippen LogP contribution is -2.45. The van der Waals surface area contributed by atoms with Gasteiger partial charge in [-0.05, 0) is 32.1 Å². The molecule has 0 bridgehead atoms. The van der Waals surface area contributed by atoms with E-state index in [2.05, 4.69) is 31.3 Å². The molecule has 422 valence electrons.